The van der Waals surface area contributed by atoms with Crippen LogP contribution in [0.2, 0.25) is 0 Å². The first-order valence-corrected chi connectivity index (χ1v) is 4.57. The van der Waals surface area contributed by atoms with Crippen LogP contribution < -0.4 is 5.73 Å². The van der Waals surface area contributed by atoms with E-state index in [1.807, 2.05) is 20.8 Å². The molecule has 1 aromatic rings. The molecule has 0 unspecified atom stereocenters. The SMILES string of the molecule is CC(C)(C)c1ccc(F)c(C(=O)O)c1N. The van der Waals surface area contributed by atoms with Gasteiger partial charge >= 0.3 is 5.97 Å². The van der Waals surface area contributed by atoms with Crippen molar-refractivity contribution in [2.24, 2.45) is 0 Å². The first-order chi connectivity index (χ1) is 6.75. The standard InChI is InChI=1S/C11H14FNO2/c1-11(2,3)6-4-5-7(12)8(9(6)13)10(14)15/h4-5H,13H2,1-3H3,(H,14,15). The summed E-state index contributed by atoms with van der Waals surface area (Å²) >= 11 is 0. The molecular formula is C11H14FNO2. The number of hydrogen-bond donors (Lipinski definition) is 2. The maximum Gasteiger partial charge on any atom is 0.340 e. The molecule has 0 aromatic heterocycles. The van der Waals surface area contributed by atoms with Crippen LogP contribution in [0, 0.1) is 5.82 Å². The van der Waals surface area contributed by atoms with E-state index in [4.69, 9.17) is 10.8 Å². The number of carboxylic acid groups (broad SMARTS) is 1. The van der Waals surface area contributed by atoms with E-state index in [1.165, 1.54) is 6.07 Å². The highest BCUT2D eigenvalue weighted by Gasteiger charge is 2.23. The van der Waals surface area contributed by atoms with Crippen molar-refractivity contribution in [3.63, 3.8) is 0 Å². The molecule has 0 saturated heterocycles. The zero-order valence-corrected chi connectivity index (χ0v) is 8.97. The summed E-state index contributed by atoms with van der Waals surface area (Å²) in [6.45, 7) is 5.67. The molecule has 0 aliphatic rings. The molecule has 4 heteroatoms. The molecule has 0 spiro atoms. The third-order valence-corrected chi connectivity index (χ3v) is 2.22. The topological polar surface area (TPSA) is 63.3 Å². The van der Waals surface area contributed by atoms with Crippen molar-refractivity contribution < 1.29 is 14.3 Å². The Morgan fingerprint density at radius 2 is 1.93 bits per heavy atom. The zero-order chi connectivity index (χ0) is 11.8. The van der Waals surface area contributed by atoms with Crippen LogP contribution in [-0.4, -0.2) is 11.1 Å². The van der Waals surface area contributed by atoms with Gasteiger partial charge in [-0.2, -0.15) is 0 Å². The molecule has 1 aromatic carbocycles. The van der Waals surface area contributed by atoms with Gasteiger partial charge in [0.25, 0.3) is 0 Å². The number of anilines is 1. The summed E-state index contributed by atoms with van der Waals surface area (Å²) in [6.07, 6.45) is 0. The van der Waals surface area contributed by atoms with Crippen LogP contribution in [0.15, 0.2) is 12.1 Å². The lowest BCUT2D eigenvalue weighted by Gasteiger charge is -2.22. The fourth-order valence-corrected chi connectivity index (χ4v) is 1.46. The molecule has 15 heavy (non-hydrogen) atoms. The second-order valence-corrected chi connectivity index (χ2v) is 4.44. The van der Waals surface area contributed by atoms with Crippen molar-refractivity contribution >= 4 is 11.7 Å². The Labute approximate surface area is 87.7 Å². The van der Waals surface area contributed by atoms with Crippen molar-refractivity contribution in [2.45, 2.75) is 26.2 Å². The molecular weight excluding hydrogens is 197 g/mol. The van der Waals surface area contributed by atoms with Gasteiger partial charge in [-0.15, -0.1) is 0 Å². The number of aromatic carboxylic acids is 1. The number of carboxylic acids is 1. The van der Waals surface area contributed by atoms with Crippen molar-refractivity contribution in [1.29, 1.82) is 0 Å². The summed E-state index contributed by atoms with van der Waals surface area (Å²) in [6, 6.07) is 2.66. The highest BCUT2D eigenvalue weighted by atomic mass is 19.1. The van der Waals surface area contributed by atoms with Gasteiger partial charge in [0.1, 0.15) is 11.4 Å². The lowest BCUT2D eigenvalue weighted by atomic mass is 9.84. The molecule has 0 fully saturated rings. The van der Waals surface area contributed by atoms with Gasteiger partial charge in [-0.05, 0) is 17.0 Å². The van der Waals surface area contributed by atoms with Crippen LogP contribution in [0.5, 0.6) is 0 Å². The van der Waals surface area contributed by atoms with Gasteiger partial charge in [0.15, 0.2) is 0 Å². The molecule has 0 atom stereocenters. The largest absolute Gasteiger partial charge is 0.478 e. The van der Waals surface area contributed by atoms with Crippen LogP contribution >= 0.6 is 0 Å². The number of benzene rings is 1. The van der Waals surface area contributed by atoms with Crippen molar-refractivity contribution in [3.8, 4) is 0 Å². The van der Waals surface area contributed by atoms with Crippen LogP contribution in [0.25, 0.3) is 0 Å². The van der Waals surface area contributed by atoms with E-state index in [1.54, 1.807) is 0 Å². The Hall–Kier alpha value is -1.58. The second-order valence-electron chi connectivity index (χ2n) is 4.44. The van der Waals surface area contributed by atoms with Crippen LogP contribution in [0.1, 0.15) is 36.7 Å². The molecule has 3 N–H and O–H groups in total. The van der Waals surface area contributed by atoms with Crippen molar-refractivity contribution in [1.82, 2.24) is 0 Å². The number of halogens is 1. The highest BCUT2D eigenvalue weighted by Crippen LogP contribution is 2.31. The van der Waals surface area contributed by atoms with Gasteiger partial charge in [0.2, 0.25) is 0 Å². The summed E-state index contributed by atoms with van der Waals surface area (Å²) in [4.78, 5) is 10.8. The molecule has 0 aliphatic carbocycles. The molecule has 82 valence electrons. The third kappa shape index (κ3) is 2.09. The van der Waals surface area contributed by atoms with Crippen molar-refractivity contribution in [2.75, 3.05) is 5.73 Å². The Balaban J connectivity index is 3.49. The van der Waals surface area contributed by atoms with Gasteiger partial charge < -0.3 is 10.8 Å². The van der Waals surface area contributed by atoms with E-state index >= 15 is 0 Å². The van der Waals surface area contributed by atoms with Gasteiger partial charge in [-0.3, -0.25) is 0 Å². The van der Waals surface area contributed by atoms with Gasteiger partial charge in [0.05, 0.1) is 5.69 Å². The fraction of sp³-hybridized carbons (Fsp3) is 0.364. The summed E-state index contributed by atoms with van der Waals surface area (Å²) in [7, 11) is 0. The maximum atomic E-state index is 13.2. The minimum atomic E-state index is -1.34. The van der Waals surface area contributed by atoms with E-state index in [-0.39, 0.29) is 11.1 Å². The van der Waals surface area contributed by atoms with Gasteiger partial charge in [-0.25, -0.2) is 9.18 Å². The van der Waals surface area contributed by atoms with Crippen molar-refractivity contribution in [3.05, 3.63) is 29.1 Å². The normalized spacial score (nSPS) is 11.5. The average molecular weight is 211 g/mol. The Bertz CT molecular complexity index is 408. The first-order valence-electron chi connectivity index (χ1n) is 4.57. The lowest BCUT2D eigenvalue weighted by molar-refractivity contribution is 0.0693. The van der Waals surface area contributed by atoms with Crippen LogP contribution in [0.4, 0.5) is 10.1 Å². The van der Waals surface area contributed by atoms with E-state index < -0.39 is 17.3 Å². The highest BCUT2D eigenvalue weighted by molar-refractivity contribution is 5.94. The molecule has 0 saturated carbocycles. The Kier molecular flexibility index (Phi) is 2.71. The first kappa shape index (κ1) is 11.5. The second kappa shape index (κ2) is 3.53. The summed E-state index contributed by atoms with van der Waals surface area (Å²) in [5, 5.41) is 8.82. The van der Waals surface area contributed by atoms with E-state index in [2.05, 4.69) is 0 Å². The monoisotopic (exact) mass is 211 g/mol. The van der Waals surface area contributed by atoms with Gasteiger partial charge in [-0.1, -0.05) is 26.8 Å². The quantitative estimate of drug-likeness (QED) is 0.701. The Morgan fingerprint density at radius 3 is 2.33 bits per heavy atom. The zero-order valence-electron chi connectivity index (χ0n) is 8.97. The lowest BCUT2D eigenvalue weighted by Crippen LogP contribution is -2.17. The van der Waals surface area contributed by atoms with E-state index in [0.717, 1.165) is 6.07 Å². The number of nitrogen functional groups attached to an aromatic ring is 1. The molecule has 0 aliphatic heterocycles. The summed E-state index contributed by atoms with van der Waals surface area (Å²) in [5.41, 5.74) is 5.55. The van der Waals surface area contributed by atoms with Crippen LogP contribution in [-0.2, 0) is 5.41 Å². The predicted molar refractivity (Wildman–Crippen MR) is 56.5 cm³/mol. The van der Waals surface area contributed by atoms with E-state index in [9.17, 15) is 9.18 Å². The van der Waals surface area contributed by atoms with E-state index in [0.29, 0.717) is 5.56 Å². The van der Waals surface area contributed by atoms with Crippen LogP contribution in [0.3, 0.4) is 0 Å². The molecule has 0 radical (unpaired) electrons. The third-order valence-electron chi connectivity index (χ3n) is 2.22. The molecule has 0 amide bonds. The number of nitrogens with two attached hydrogens (primary N) is 1. The smallest absolute Gasteiger partial charge is 0.340 e. The number of carbonyl (C=O) groups is 1. The minimum Gasteiger partial charge on any atom is -0.478 e. The molecule has 1 rings (SSSR count). The fourth-order valence-electron chi connectivity index (χ4n) is 1.46. The Morgan fingerprint density at radius 1 is 1.40 bits per heavy atom. The van der Waals surface area contributed by atoms with Gasteiger partial charge in [0, 0.05) is 0 Å². The maximum absolute atomic E-state index is 13.2. The number of hydrogen-bond acceptors (Lipinski definition) is 2. The number of rotatable bonds is 1. The molecule has 0 bridgehead atoms. The summed E-state index contributed by atoms with van der Waals surface area (Å²) < 4.78 is 13.2. The minimum absolute atomic E-state index is 0.00926. The average Bonchev–Trinajstić information content (AvgIpc) is 2.00. The molecule has 0 heterocycles. The summed E-state index contributed by atoms with van der Waals surface area (Å²) in [5.74, 6) is -2.14. The predicted octanol–water partition coefficient (Wildman–Crippen LogP) is 2.40. The molecule has 3 nitrogen and oxygen atoms in total.